The first-order valence-electron chi connectivity index (χ1n) is 5.75. The second-order valence-electron chi connectivity index (χ2n) is 4.09. The van der Waals surface area contributed by atoms with Crippen LogP contribution in [-0.2, 0) is 0 Å². The Morgan fingerprint density at radius 2 is 1.90 bits per heavy atom. The lowest BCUT2D eigenvalue weighted by Crippen LogP contribution is -2.04. The molecule has 2 N–H and O–H groups in total. The lowest BCUT2D eigenvalue weighted by Gasteiger charge is -2.04. The van der Waals surface area contributed by atoms with Gasteiger partial charge in [-0.1, -0.05) is 30.3 Å². The number of anilines is 1. The Morgan fingerprint density at radius 1 is 1.15 bits per heavy atom. The predicted octanol–water partition coefficient (Wildman–Crippen LogP) is 2.81. The van der Waals surface area contributed by atoms with Gasteiger partial charge in [0.05, 0.1) is 10.2 Å². The molecule has 0 unspecified atom stereocenters. The molecule has 100 valence electrons. The van der Waals surface area contributed by atoms with E-state index in [-0.39, 0.29) is 5.69 Å². The fraction of sp³-hybridized carbons (Fsp3) is 0. The molecule has 5 nitrogen and oxygen atoms in total. The van der Waals surface area contributed by atoms with E-state index in [1.54, 1.807) is 0 Å². The first-order chi connectivity index (χ1) is 9.65. The van der Waals surface area contributed by atoms with Crippen molar-refractivity contribution in [3.63, 3.8) is 0 Å². The van der Waals surface area contributed by atoms with Crippen molar-refractivity contribution >= 4 is 21.6 Å². The van der Waals surface area contributed by atoms with Crippen molar-refractivity contribution in [1.29, 1.82) is 0 Å². The molecule has 0 saturated carbocycles. The van der Waals surface area contributed by atoms with Crippen LogP contribution in [0.15, 0.2) is 46.9 Å². The zero-order valence-electron chi connectivity index (χ0n) is 10.2. The maximum absolute atomic E-state index is 13.4. The molecule has 1 aromatic heterocycles. The molecule has 2 aromatic carbocycles. The van der Waals surface area contributed by atoms with Gasteiger partial charge in [-0.15, -0.1) is 15.0 Å². The summed E-state index contributed by atoms with van der Waals surface area (Å²) >= 11 is 3.11. The van der Waals surface area contributed by atoms with Gasteiger partial charge >= 0.3 is 0 Å². The SMILES string of the molecule is Nc1cc(F)c(Br)cc1-n1nnc(-c2ccccc2)n1. The zero-order valence-corrected chi connectivity index (χ0v) is 11.7. The molecule has 20 heavy (non-hydrogen) atoms. The van der Waals surface area contributed by atoms with Crippen molar-refractivity contribution in [2.24, 2.45) is 0 Å². The molecule has 0 aliphatic carbocycles. The number of nitrogen functional groups attached to an aromatic ring is 1. The fourth-order valence-corrected chi connectivity index (χ4v) is 2.08. The lowest BCUT2D eigenvalue weighted by molar-refractivity contribution is 0.619. The minimum atomic E-state index is -0.436. The molecular weight excluding hydrogens is 325 g/mol. The van der Waals surface area contributed by atoms with Gasteiger partial charge in [-0.2, -0.15) is 0 Å². The monoisotopic (exact) mass is 333 g/mol. The second-order valence-corrected chi connectivity index (χ2v) is 4.95. The summed E-state index contributed by atoms with van der Waals surface area (Å²) in [7, 11) is 0. The highest BCUT2D eigenvalue weighted by atomic mass is 79.9. The molecule has 1 heterocycles. The number of hydrogen-bond acceptors (Lipinski definition) is 4. The van der Waals surface area contributed by atoms with Crippen molar-refractivity contribution in [1.82, 2.24) is 20.2 Å². The molecule has 3 rings (SSSR count). The van der Waals surface area contributed by atoms with Crippen molar-refractivity contribution in [3.8, 4) is 17.1 Å². The Bertz CT molecular complexity index is 757. The van der Waals surface area contributed by atoms with Crippen molar-refractivity contribution in [2.45, 2.75) is 0 Å². The van der Waals surface area contributed by atoms with Crippen LogP contribution in [0.5, 0.6) is 0 Å². The highest BCUT2D eigenvalue weighted by Crippen LogP contribution is 2.25. The first kappa shape index (κ1) is 12.7. The number of tetrazole rings is 1. The number of aromatic nitrogens is 4. The third-order valence-corrected chi connectivity index (χ3v) is 3.34. The fourth-order valence-electron chi connectivity index (χ4n) is 1.74. The van der Waals surface area contributed by atoms with E-state index < -0.39 is 5.82 Å². The summed E-state index contributed by atoms with van der Waals surface area (Å²) in [5.41, 5.74) is 7.33. The highest BCUT2D eigenvalue weighted by Gasteiger charge is 2.12. The molecule has 0 atom stereocenters. The van der Waals surface area contributed by atoms with Gasteiger partial charge in [0.25, 0.3) is 0 Å². The molecular formula is C13H9BrFN5. The lowest BCUT2D eigenvalue weighted by atomic mass is 10.2. The summed E-state index contributed by atoms with van der Waals surface area (Å²) < 4.78 is 13.6. The number of rotatable bonds is 2. The number of nitrogens with zero attached hydrogens (tertiary/aromatic N) is 4. The van der Waals surface area contributed by atoms with Crippen LogP contribution >= 0.6 is 15.9 Å². The van der Waals surface area contributed by atoms with Crippen LogP contribution in [0, 0.1) is 5.82 Å². The van der Waals surface area contributed by atoms with Gasteiger partial charge in [-0.3, -0.25) is 0 Å². The van der Waals surface area contributed by atoms with E-state index in [9.17, 15) is 4.39 Å². The molecule has 0 radical (unpaired) electrons. The third-order valence-electron chi connectivity index (χ3n) is 2.73. The van der Waals surface area contributed by atoms with Crippen LogP contribution in [0.2, 0.25) is 0 Å². The Labute approximate surface area is 122 Å². The molecule has 3 aromatic rings. The minimum Gasteiger partial charge on any atom is -0.397 e. The standard InChI is InChI=1S/C13H9BrFN5/c14-9-6-12(11(16)7-10(9)15)20-18-13(17-19-20)8-4-2-1-3-5-8/h1-7H,16H2. The van der Waals surface area contributed by atoms with Crippen LogP contribution in [-0.4, -0.2) is 20.2 Å². The third kappa shape index (κ3) is 2.27. The van der Waals surface area contributed by atoms with Crippen molar-refractivity contribution in [2.75, 3.05) is 5.73 Å². The van der Waals surface area contributed by atoms with Gasteiger partial charge in [-0.05, 0) is 27.2 Å². The number of halogens is 2. The first-order valence-corrected chi connectivity index (χ1v) is 6.55. The van der Waals surface area contributed by atoms with Gasteiger partial charge in [-0.25, -0.2) is 4.39 Å². The molecule has 0 spiro atoms. The summed E-state index contributed by atoms with van der Waals surface area (Å²) in [5, 5.41) is 12.2. The van der Waals surface area contributed by atoms with E-state index in [1.807, 2.05) is 30.3 Å². The van der Waals surface area contributed by atoms with E-state index in [2.05, 4.69) is 31.3 Å². The van der Waals surface area contributed by atoms with Crippen LogP contribution in [0.1, 0.15) is 0 Å². The topological polar surface area (TPSA) is 69.6 Å². The Hall–Kier alpha value is -2.28. The van der Waals surface area contributed by atoms with E-state index in [0.29, 0.717) is 16.0 Å². The van der Waals surface area contributed by atoms with Crippen LogP contribution in [0.4, 0.5) is 10.1 Å². The average molecular weight is 334 g/mol. The maximum atomic E-state index is 13.4. The average Bonchev–Trinajstić information content (AvgIpc) is 2.93. The van der Waals surface area contributed by atoms with E-state index in [0.717, 1.165) is 5.56 Å². The second kappa shape index (κ2) is 5.01. The summed E-state index contributed by atoms with van der Waals surface area (Å²) in [6, 6.07) is 12.2. The van der Waals surface area contributed by atoms with Crippen LogP contribution in [0.3, 0.4) is 0 Å². The van der Waals surface area contributed by atoms with Crippen molar-refractivity contribution < 1.29 is 4.39 Å². The van der Waals surface area contributed by atoms with Crippen LogP contribution in [0.25, 0.3) is 17.1 Å². The van der Waals surface area contributed by atoms with Crippen LogP contribution < -0.4 is 5.73 Å². The predicted molar refractivity (Wildman–Crippen MR) is 76.7 cm³/mol. The largest absolute Gasteiger partial charge is 0.397 e. The normalized spacial score (nSPS) is 10.7. The van der Waals surface area contributed by atoms with Gasteiger partial charge in [0.15, 0.2) is 0 Å². The highest BCUT2D eigenvalue weighted by molar-refractivity contribution is 9.10. The minimum absolute atomic E-state index is 0.239. The molecule has 0 aliphatic rings. The van der Waals surface area contributed by atoms with E-state index >= 15 is 0 Å². The molecule has 0 bridgehead atoms. The molecule has 0 fully saturated rings. The Balaban J connectivity index is 2.05. The molecule has 7 heteroatoms. The maximum Gasteiger partial charge on any atom is 0.205 e. The zero-order chi connectivity index (χ0) is 14.1. The molecule has 0 saturated heterocycles. The molecule has 0 aliphatic heterocycles. The summed E-state index contributed by atoms with van der Waals surface area (Å²) in [4.78, 5) is 1.28. The van der Waals surface area contributed by atoms with E-state index in [1.165, 1.54) is 16.9 Å². The summed E-state index contributed by atoms with van der Waals surface area (Å²) in [6.45, 7) is 0. The smallest absolute Gasteiger partial charge is 0.205 e. The van der Waals surface area contributed by atoms with Gasteiger partial charge in [0.2, 0.25) is 5.82 Å². The van der Waals surface area contributed by atoms with Gasteiger partial charge in [0, 0.05) is 11.6 Å². The summed E-state index contributed by atoms with van der Waals surface area (Å²) in [5.74, 6) is 0.0418. The number of nitrogens with two attached hydrogens (primary N) is 1. The number of hydrogen-bond donors (Lipinski definition) is 1. The van der Waals surface area contributed by atoms with Crippen molar-refractivity contribution in [3.05, 3.63) is 52.8 Å². The Kier molecular flexibility index (Phi) is 3.19. The van der Waals surface area contributed by atoms with Gasteiger partial charge < -0.3 is 5.73 Å². The molecule has 0 amide bonds. The summed E-state index contributed by atoms with van der Waals surface area (Å²) in [6.07, 6.45) is 0. The van der Waals surface area contributed by atoms with E-state index in [4.69, 9.17) is 5.73 Å². The van der Waals surface area contributed by atoms with Gasteiger partial charge in [0.1, 0.15) is 11.5 Å². The Morgan fingerprint density at radius 3 is 2.65 bits per heavy atom. The number of benzene rings is 2. The quantitative estimate of drug-likeness (QED) is 0.732.